The van der Waals surface area contributed by atoms with Crippen molar-refractivity contribution in [1.29, 1.82) is 0 Å². The Bertz CT molecular complexity index is 1140. The van der Waals surface area contributed by atoms with Crippen LogP contribution in [0.2, 0.25) is 0 Å². The minimum atomic E-state index is -0.762. The van der Waals surface area contributed by atoms with Gasteiger partial charge in [0.15, 0.2) is 6.10 Å². The highest BCUT2D eigenvalue weighted by molar-refractivity contribution is 5.71. The molecule has 1 atom stereocenters. The number of hydrogen-bond donors (Lipinski definition) is 0. The van der Waals surface area contributed by atoms with E-state index in [2.05, 4.69) is 20.8 Å². The number of rotatable bonds is 66. The van der Waals surface area contributed by atoms with Crippen molar-refractivity contribution in [3.05, 3.63) is 0 Å². The summed E-state index contributed by atoms with van der Waals surface area (Å²) in [6.07, 6.45) is 77.3. The quantitative estimate of drug-likeness (QED) is 0.0343. The molecule has 0 aromatic heterocycles. The van der Waals surface area contributed by atoms with E-state index in [1.54, 1.807) is 0 Å². The van der Waals surface area contributed by atoms with Gasteiger partial charge in [-0.2, -0.15) is 0 Å². The van der Waals surface area contributed by atoms with Crippen LogP contribution in [0.1, 0.15) is 412 Å². The first kappa shape index (κ1) is 74.4. The molecule has 6 nitrogen and oxygen atoms in total. The molecule has 0 saturated heterocycles. The molecule has 0 spiro atoms. The minimum absolute atomic E-state index is 0.0609. The zero-order valence-electron chi connectivity index (χ0n) is 52.1. The Hall–Kier alpha value is -1.59. The van der Waals surface area contributed by atoms with Gasteiger partial charge in [-0.05, 0) is 19.3 Å². The van der Waals surface area contributed by atoms with Crippen molar-refractivity contribution in [3.63, 3.8) is 0 Å². The van der Waals surface area contributed by atoms with Crippen LogP contribution in [-0.4, -0.2) is 37.2 Å². The lowest BCUT2D eigenvalue weighted by atomic mass is 10.0. The third-order valence-corrected chi connectivity index (χ3v) is 16.4. The van der Waals surface area contributed by atoms with Crippen LogP contribution in [0.5, 0.6) is 0 Å². The van der Waals surface area contributed by atoms with E-state index in [9.17, 15) is 14.4 Å². The van der Waals surface area contributed by atoms with Gasteiger partial charge in [0.2, 0.25) is 0 Å². The summed E-state index contributed by atoms with van der Waals surface area (Å²) in [6.45, 7) is 6.71. The van der Waals surface area contributed by atoms with Crippen LogP contribution < -0.4 is 0 Å². The number of ether oxygens (including phenoxy) is 3. The van der Waals surface area contributed by atoms with Crippen molar-refractivity contribution >= 4 is 17.9 Å². The average Bonchev–Trinajstić information content (AvgIpc) is 3.42. The Morgan fingerprint density at radius 3 is 0.526 bits per heavy atom. The highest BCUT2D eigenvalue weighted by atomic mass is 16.6. The number of hydrogen-bond acceptors (Lipinski definition) is 6. The zero-order chi connectivity index (χ0) is 55.0. The van der Waals surface area contributed by atoms with Crippen LogP contribution in [0.4, 0.5) is 0 Å². The second-order valence-electron chi connectivity index (χ2n) is 24.2. The summed E-state index contributed by atoms with van der Waals surface area (Å²) in [5.41, 5.74) is 0. The highest BCUT2D eigenvalue weighted by Gasteiger charge is 2.19. The van der Waals surface area contributed by atoms with Gasteiger partial charge in [-0.1, -0.05) is 374 Å². The molecule has 0 rings (SSSR count). The van der Waals surface area contributed by atoms with Crippen LogP contribution in [0.15, 0.2) is 0 Å². The predicted molar refractivity (Wildman–Crippen MR) is 330 cm³/mol. The molecule has 452 valence electrons. The minimum Gasteiger partial charge on any atom is -0.462 e. The maximum Gasteiger partial charge on any atom is 0.306 e. The van der Waals surface area contributed by atoms with E-state index in [1.165, 1.54) is 315 Å². The summed E-state index contributed by atoms with van der Waals surface area (Å²) < 4.78 is 16.9. The predicted octanol–water partition coefficient (Wildman–Crippen LogP) is 23.8. The lowest BCUT2D eigenvalue weighted by molar-refractivity contribution is -0.167. The van der Waals surface area contributed by atoms with Crippen molar-refractivity contribution in [2.24, 2.45) is 0 Å². The van der Waals surface area contributed by atoms with Gasteiger partial charge < -0.3 is 14.2 Å². The molecule has 0 aliphatic carbocycles. The van der Waals surface area contributed by atoms with E-state index in [0.29, 0.717) is 19.3 Å². The Balaban J connectivity index is 3.98. The summed E-state index contributed by atoms with van der Waals surface area (Å²) in [4.78, 5) is 38.2. The molecular formula is C70H136O6. The number of carbonyl (C=O) groups excluding carboxylic acids is 3. The lowest BCUT2D eigenvalue weighted by Gasteiger charge is -2.18. The van der Waals surface area contributed by atoms with Crippen LogP contribution >= 0.6 is 0 Å². The Morgan fingerprint density at radius 2 is 0.355 bits per heavy atom. The smallest absolute Gasteiger partial charge is 0.306 e. The van der Waals surface area contributed by atoms with Crippen molar-refractivity contribution in [2.75, 3.05) is 13.2 Å². The first-order valence-electron chi connectivity index (χ1n) is 35.0. The van der Waals surface area contributed by atoms with E-state index in [0.717, 1.165) is 57.8 Å². The van der Waals surface area contributed by atoms with Crippen molar-refractivity contribution < 1.29 is 28.6 Å². The molecule has 0 fully saturated rings. The molecule has 76 heavy (non-hydrogen) atoms. The van der Waals surface area contributed by atoms with Gasteiger partial charge in [-0.15, -0.1) is 0 Å². The number of esters is 3. The lowest BCUT2D eigenvalue weighted by Crippen LogP contribution is -2.30. The van der Waals surface area contributed by atoms with Gasteiger partial charge in [0.25, 0.3) is 0 Å². The SMILES string of the molecule is CCCCCCCCCCCCCCCCCCCCCCCCCCCCCCCCCCC(=O)OCC(COC(=O)CCCCCCCCCCC)OC(=O)CCCCCCCCCCCCCCCCCCC. The normalized spacial score (nSPS) is 11.9. The van der Waals surface area contributed by atoms with Crippen LogP contribution in [0.3, 0.4) is 0 Å². The Morgan fingerprint density at radius 1 is 0.211 bits per heavy atom. The second kappa shape index (κ2) is 65.9. The molecule has 1 unspecified atom stereocenters. The molecule has 0 aliphatic heterocycles. The zero-order valence-corrected chi connectivity index (χ0v) is 52.1. The molecule has 0 aromatic carbocycles. The van der Waals surface area contributed by atoms with Crippen LogP contribution in [0.25, 0.3) is 0 Å². The topological polar surface area (TPSA) is 78.9 Å². The van der Waals surface area contributed by atoms with Gasteiger partial charge in [0, 0.05) is 19.3 Å². The molecule has 0 aliphatic rings. The van der Waals surface area contributed by atoms with E-state index < -0.39 is 6.10 Å². The van der Waals surface area contributed by atoms with E-state index in [-0.39, 0.29) is 31.1 Å². The average molecular weight is 1070 g/mol. The molecule has 0 amide bonds. The second-order valence-corrected chi connectivity index (χ2v) is 24.2. The third-order valence-electron chi connectivity index (χ3n) is 16.4. The summed E-state index contributed by atoms with van der Waals surface area (Å²) in [6, 6.07) is 0. The van der Waals surface area contributed by atoms with Gasteiger partial charge in [-0.25, -0.2) is 0 Å². The molecule has 0 radical (unpaired) electrons. The summed E-state index contributed by atoms with van der Waals surface area (Å²) >= 11 is 0. The maximum atomic E-state index is 12.9. The van der Waals surface area contributed by atoms with E-state index in [4.69, 9.17) is 14.2 Å². The van der Waals surface area contributed by atoms with Gasteiger partial charge in [0.1, 0.15) is 13.2 Å². The summed E-state index contributed by atoms with van der Waals surface area (Å²) in [5.74, 6) is -0.830. The fourth-order valence-corrected chi connectivity index (χ4v) is 11.1. The molecule has 6 heteroatoms. The summed E-state index contributed by atoms with van der Waals surface area (Å²) in [7, 11) is 0. The molecular weight excluding hydrogens is 937 g/mol. The van der Waals surface area contributed by atoms with Crippen LogP contribution in [0, 0.1) is 0 Å². The van der Waals surface area contributed by atoms with Gasteiger partial charge >= 0.3 is 17.9 Å². The molecule has 0 aromatic rings. The number of carbonyl (C=O) groups is 3. The third kappa shape index (κ3) is 63.2. The largest absolute Gasteiger partial charge is 0.462 e. The molecule has 0 saturated carbocycles. The monoisotopic (exact) mass is 1070 g/mol. The first-order chi connectivity index (χ1) is 37.5. The first-order valence-corrected chi connectivity index (χ1v) is 35.0. The maximum absolute atomic E-state index is 12.9. The van der Waals surface area contributed by atoms with Gasteiger partial charge in [0.05, 0.1) is 0 Å². The van der Waals surface area contributed by atoms with Crippen molar-refractivity contribution in [3.8, 4) is 0 Å². The Kier molecular flexibility index (Phi) is 64.5. The molecule has 0 N–H and O–H groups in total. The highest BCUT2D eigenvalue weighted by Crippen LogP contribution is 2.19. The fourth-order valence-electron chi connectivity index (χ4n) is 11.1. The van der Waals surface area contributed by atoms with Crippen molar-refractivity contribution in [2.45, 2.75) is 419 Å². The van der Waals surface area contributed by atoms with Crippen LogP contribution in [-0.2, 0) is 28.6 Å². The number of unbranched alkanes of at least 4 members (excludes halogenated alkanes) is 55. The summed E-state index contributed by atoms with van der Waals surface area (Å²) in [5, 5.41) is 0. The molecule has 0 heterocycles. The molecule has 0 bridgehead atoms. The van der Waals surface area contributed by atoms with E-state index >= 15 is 0 Å². The van der Waals surface area contributed by atoms with Crippen molar-refractivity contribution in [1.82, 2.24) is 0 Å². The fraction of sp³-hybridized carbons (Fsp3) is 0.957. The standard InChI is InChI=1S/C70H136O6/c1-4-7-10-13-16-19-21-23-25-27-28-29-30-31-32-33-34-35-36-37-38-39-40-41-43-44-46-48-51-54-57-60-63-69(72)75-66-67(65-74-68(71)62-59-56-53-50-18-15-12-9-6-3)76-70(73)64-61-58-55-52-49-47-45-42-26-24-22-20-17-14-11-8-5-2/h67H,4-66H2,1-3H3. The Labute approximate surface area is 476 Å². The van der Waals surface area contributed by atoms with Gasteiger partial charge in [-0.3, -0.25) is 14.4 Å². The van der Waals surface area contributed by atoms with E-state index in [1.807, 2.05) is 0 Å².